The SMILES string of the molecule is CCCNC(CCCCCN(CCc1ccc(NC(C)=O)cc1)C(=O)OCc1ccccc1)C1CCc2c(ccc(OCc3ccccc3)c2OCc2ccccc2)C1. The van der Waals surface area contributed by atoms with Gasteiger partial charge in [0.25, 0.3) is 0 Å². The summed E-state index contributed by atoms with van der Waals surface area (Å²) in [6.07, 6.45) is 8.66. The summed E-state index contributed by atoms with van der Waals surface area (Å²) in [5.41, 5.74) is 7.74. The van der Waals surface area contributed by atoms with Gasteiger partial charge in [0, 0.05) is 37.3 Å². The first kappa shape index (κ1) is 43.0. The second-order valence-electron chi connectivity index (χ2n) is 15.6. The van der Waals surface area contributed by atoms with Gasteiger partial charge in [-0.2, -0.15) is 0 Å². The zero-order valence-electron chi connectivity index (χ0n) is 34.9. The third-order valence-corrected chi connectivity index (χ3v) is 11.1. The van der Waals surface area contributed by atoms with Crippen molar-refractivity contribution in [3.05, 3.63) is 161 Å². The summed E-state index contributed by atoms with van der Waals surface area (Å²) in [5, 5.41) is 6.74. The van der Waals surface area contributed by atoms with Crippen LogP contribution in [0.1, 0.15) is 85.8 Å². The average molecular weight is 796 g/mol. The van der Waals surface area contributed by atoms with E-state index in [1.54, 1.807) is 0 Å². The number of nitrogens with one attached hydrogen (secondary N) is 2. The molecule has 8 nitrogen and oxygen atoms in total. The summed E-state index contributed by atoms with van der Waals surface area (Å²) in [6, 6.07) is 43.0. The highest BCUT2D eigenvalue weighted by molar-refractivity contribution is 5.88. The molecule has 0 heterocycles. The number of benzene rings is 5. The zero-order chi connectivity index (χ0) is 41.1. The van der Waals surface area contributed by atoms with Crippen molar-refractivity contribution in [1.29, 1.82) is 0 Å². The van der Waals surface area contributed by atoms with E-state index in [1.165, 1.54) is 18.1 Å². The topological polar surface area (TPSA) is 89.1 Å². The summed E-state index contributed by atoms with van der Waals surface area (Å²) >= 11 is 0. The molecule has 0 fully saturated rings. The Morgan fingerprint density at radius 3 is 2.00 bits per heavy atom. The molecule has 2 amide bonds. The molecule has 1 aliphatic carbocycles. The number of anilines is 1. The highest BCUT2D eigenvalue weighted by Crippen LogP contribution is 2.41. The van der Waals surface area contributed by atoms with Gasteiger partial charge in [-0.3, -0.25) is 4.79 Å². The van der Waals surface area contributed by atoms with Crippen molar-refractivity contribution in [3.63, 3.8) is 0 Å². The number of unbranched alkanes of at least 4 members (excludes halogenated alkanes) is 2. The third-order valence-electron chi connectivity index (χ3n) is 11.1. The van der Waals surface area contributed by atoms with E-state index in [0.717, 1.165) is 97.4 Å². The van der Waals surface area contributed by atoms with E-state index >= 15 is 0 Å². The molecule has 0 spiro atoms. The van der Waals surface area contributed by atoms with Gasteiger partial charge in [-0.15, -0.1) is 0 Å². The molecule has 0 radical (unpaired) electrons. The third kappa shape index (κ3) is 13.7. The van der Waals surface area contributed by atoms with Crippen LogP contribution in [0.15, 0.2) is 127 Å². The number of fused-ring (bicyclic) bond motifs is 1. The summed E-state index contributed by atoms with van der Waals surface area (Å²) in [5.74, 6) is 2.11. The maximum absolute atomic E-state index is 13.4. The molecule has 5 aromatic rings. The second kappa shape index (κ2) is 23.1. The number of hydrogen-bond donors (Lipinski definition) is 2. The minimum Gasteiger partial charge on any atom is -0.485 e. The molecule has 2 unspecified atom stereocenters. The normalized spacial score (nSPS) is 13.8. The van der Waals surface area contributed by atoms with E-state index in [1.807, 2.05) is 83.8 Å². The fraction of sp³-hybridized carbons (Fsp3) is 0.373. The number of hydrogen-bond acceptors (Lipinski definition) is 6. The number of rotatable bonds is 22. The van der Waals surface area contributed by atoms with E-state index in [9.17, 15) is 9.59 Å². The van der Waals surface area contributed by atoms with Crippen LogP contribution in [0.25, 0.3) is 0 Å². The first-order valence-electron chi connectivity index (χ1n) is 21.5. The minimum absolute atomic E-state index is 0.0974. The van der Waals surface area contributed by atoms with Crippen molar-refractivity contribution in [2.75, 3.05) is 25.0 Å². The molecule has 6 rings (SSSR count). The van der Waals surface area contributed by atoms with Crippen LogP contribution in [0.3, 0.4) is 0 Å². The van der Waals surface area contributed by atoms with Crippen LogP contribution in [0, 0.1) is 5.92 Å². The Hall–Kier alpha value is -5.60. The standard InChI is InChI=1S/C51H61N3O5/c1-3-32-52-48(22-14-7-15-33-54(51(56)59-38-43-20-12-6-13-21-43)34-31-40-23-27-46(28-24-40)53-39(2)55)45-25-29-47-44(35-45)26-30-49(57-36-41-16-8-4-9-17-41)50(47)58-37-42-18-10-5-11-19-42/h4-6,8-13,16-21,23-24,26-28,30,45,48,52H,3,7,14-15,22,25,29,31-38H2,1-2H3,(H,53,55). The van der Waals surface area contributed by atoms with E-state index in [2.05, 4.69) is 66.1 Å². The molecule has 5 aromatic carbocycles. The van der Waals surface area contributed by atoms with Crippen LogP contribution in [-0.2, 0) is 48.6 Å². The monoisotopic (exact) mass is 795 g/mol. The van der Waals surface area contributed by atoms with Crippen molar-refractivity contribution in [3.8, 4) is 11.5 Å². The van der Waals surface area contributed by atoms with E-state index in [4.69, 9.17) is 14.2 Å². The first-order valence-corrected chi connectivity index (χ1v) is 21.5. The molecule has 8 heteroatoms. The van der Waals surface area contributed by atoms with Crippen LogP contribution in [0.5, 0.6) is 11.5 Å². The van der Waals surface area contributed by atoms with Crippen LogP contribution in [0.2, 0.25) is 0 Å². The lowest BCUT2D eigenvalue weighted by molar-refractivity contribution is -0.114. The van der Waals surface area contributed by atoms with Crippen LogP contribution in [0.4, 0.5) is 10.5 Å². The predicted molar refractivity (Wildman–Crippen MR) is 237 cm³/mol. The van der Waals surface area contributed by atoms with Crippen molar-refractivity contribution >= 4 is 17.7 Å². The van der Waals surface area contributed by atoms with Crippen LogP contribution in [-0.4, -0.2) is 42.6 Å². The number of amides is 2. The maximum atomic E-state index is 13.4. The van der Waals surface area contributed by atoms with Gasteiger partial charge >= 0.3 is 6.09 Å². The highest BCUT2D eigenvalue weighted by Gasteiger charge is 2.29. The molecule has 59 heavy (non-hydrogen) atoms. The summed E-state index contributed by atoms with van der Waals surface area (Å²) in [6.45, 7) is 7.18. The van der Waals surface area contributed by atoms with E-state index in [0.29, 0.717) is 44.7 Å². The molecule has 0 aliphatic heterocycles. The van der Waals surface area contributed by atoms with Gasteiger partial charge in [0.05, 0.1) is 0 Å². The Kier molecular flexibility index (Phi) is 16.8. The van der Waals surface area contributed by atoms with Crippen molar-refractivity contribution in [2.24, 2.45) is 5.92 Å². The molecule has 0 aromatic heterocycles. The van der Waals surface area contributed by atoms with Gasteiger partial charge in [-0.25, -0.2) is 4.79 Å². The Bertz CT molecular complexity index is 2010. The van der Waals surface area contributed by atoms with Gasteiger partial charge in [0.2, 0.25) is 5.91 Å². The lowest BCUT2D eigenvalue weighted by atomic mass is 9.78. The van der Waals surface area contributed by atoms with E-state index in [-0.39, 0.29) is 18.6 Å². The Morgan fingerprint density at radius 1 is 0.712 bits per heavy atom. The van der Waals surface area contributed by atoms with Gasteiger partial charge in [0.15, 0.2) is 11.5 Å². The zero-order valence-corrected chi connectivity index (χ0v) is 34.9. The lowest BCUT2D eigenvalue weighted by Crippen LogP contribution is -2.39. The summed E-state index contributed by atoms with van der Waals surface area (Å²) in [4.78, 5) is 26.7. The Labute approximate surface area is 351 Å². The van der Waals surface area contributed by atoms with E-state index < -0.39 is 0 Å². The minimum atomic E-state index is -0.284. The number of nitrogens with zero attached hydrogens (tertiary/aromatic N) is 1. The molecule has 2 atom stereocenters. The second-order valence-corrected chi connectivity index (χ2v) is 15.6. The Balaban J connectivity index is 1.06. The molecule has 0 saturated heterocycles. The van der Waals surface area contributed by atoms with Gasteiger partial charge < -0.3 is 29.7 Å². The summed E-state index contributed by atoms with van der Waals surface area (Å²) < 4.78 is 18.8. The number of carbonyl (C=O) groups excluding carboxylic acids is 2. The van der Waals surface area contributed by atoms with Crippen LogP contribution < -0.4 is 20.1 Å². The highest BCUT2D eigenvalue weighted by atomic mass is 16.6. The van der Waals surface area contributed by atoms with Crippen LogP contribution >= 0.6 is 0 Å². The molecular weight excluding hydrogens is 735 g/mol. The fourth-order valence-electron chi connectivity index (χ4n) is 7.91. The smallest absolute Gasteiger partial charge is 0.410 e. The van der Waals surface area contributed by atoms with Gasteiger partial charge in [0.1, 0.15) is 19.8 Å². The molecule has 310 valence electrons. The average Bonchev–Trinajstić information content (AvgIpc) is 3.27. The molecular formula is C51H61N3O5. The number of carbonyl (C=O) groups is 2. The summed E-state index contributed by atoms with van der Waals surface area (Å²) in [7, 11) is 0. The number of ether oxygens (including phenoxy) is 3. The van der Waals surface area contributed by atoms with Gasteiger partial charge in [-0.1, -0.05) is 129 Å². The lowest BCUT2D eigenvalue weighted by Gasteiger charge is -2.33. The molecule has 1 aliphatic rings. The predicted octanol–water partition coefficient (Wildman–Crippen LogP) is 10.7. The van der Waals surface area contributed by atoms with Crippen molar-refractivity contribution in [1.82, 2.24) is 10.2 Å². The molecule has 2 N–H and O–H groups in total. The fourth-order valence-corrected chi connectivity index (χ4v) is 7.91. The van der Waals surface area contributed by atoms with Gasteiger partial charge in [-0.05, 0) is 103 Å². The first-order chi connectivity index (χ1) is 28.9. The molecule has 0 saturated carbocycles. The quantitative estimate of drug-likeness (QED) is 0.0678. The molecule has 0 bridgehead atoms. The van der Waals surface area contributed by atoms with Crippen molar-refractivity contribution < 1.29 is 23.8 Å². The van der Waals surface area contributed by atoms with Crippen molar-refractivity contribution in [2.45, 2.75) is 97.5 Å². The Morgan fingerprint density at radius 2 is 1.36 bits per heavy atom. The maximum Gasteiger partial charge on any atom is 0.410 e. The largest absolute Gasteiger partial charge is 0.485 e.